The van der Waals surface area contributed by atoms with Crippen LogP contribution in [0.2, 0.25) is 0 Å². The first-order valence-electron chi connectivity index (χ1n) is 8.41. The van der Waals surface area contributed by atoms with E-state index in [1.54, 1.807) is 17.8 Å². The van der Waals surface area contributed by atoms with E-state index in [9.17, 15) is 5.11 Å². The molecule has 0 unspecified atom stereocenters. The van der Waals surface area contributed by atoms with E-state index in [-0.39, 0.29) is 12.5 Å². The zero-order valence-electron chi connectivity index (χ0n) is 14.4. The Kier molecular flexibility index (Phi) is 6.12. The van der Waals surface area contributed by atoms with E-state index in [2.05, 4.69) is 33.9 Å². The second-order valence-electron chi connectivity index (χ2n) is 6.22. The number of aliphatic hydroxyl groups excluding tert-OH is 1. The lowest BCUT2D eigenvalue weighted by molar-refractivity contribution is 0.0959. The van der Waals surface area contributed by atoms with Crippen molar-refractivity contribution in [3.63, 3.8) is 0 Å². The molecule has 2 aromatic rings. The number of nitrogens with two attached hydrogens (primary N) is 1. The van der Waals surface area contributed by atoms with Crippen LogP contribution in [0.1, 0.15) is 11.1 Å². The van der Waals surface area contributed by atoms with Gasteiger partial charge in [0.15, 0.2) is 5.16 Å². The Morgan fingerprint density at radius 2 is 2.20 bits per heavy atom. The molecule has 0 amide bonds. The standard InChI is InChI=1S/C18H24N4O2S/c1-13-4-2-3-5-15(13)12-25-18-20-16(19)8-17(21-18)22-6-7-24-11-14(9-22)10-23/h2-5,8,14,23H,6-7,9-12H2,1H3,(H2,19,20,21)/t14-/m0/s1. The third-order valence-electron chi connectivity index (χ3n) is 4.25. The minimum atomic E-state index is 0.0850. The molecule has 3 N–H and O–H groups in total. The molecule has 1 atom stereocenters. The number of aliphatic hydroxyl groups is 1. The summed E-state index contributed by atoms with van der Waals surface area (Å²) in [6, 6.07) is 10.1. The SMILES string of the molecule is Cc1ccccc1CSc1nc(N)cc(N2CCOC[C@H](CO)C2)n1. The summed E-state index contributed by atoms with van der Waals surface area (Å²) in [7, 11) is 0. The maximum absolute atomic E-state index is 9.46. The van der Waals surface area contributed by atoms with Crippen molar-refractivity contribution in [3.8, 4) is 0 Å². The van der Waals surface area contributed by atoms with Gasteiger partial charge in [-0.3, -0.25) is 0 Å². The smallest absolute Gasteiger partial charge is 0.191 e. The van der Waals surface area contributed by atoms with E-state index >= 15 is 0 Å². The van der Waals surface area contributed by atoms with E-state index in [4.69, 9.17) is 10.5 Å². The molecule has 6 nitrogen and oxygen atoms in total. The number of rotatable bonds is 5. The van der Waals surface area contributed by atoms with E-state index in [1.807, 2.05) is 12.1 Å². The molecular formula is C18H24N4O2S. The molecule has 1 aliphatic rings. The van der Waals surface area contributed by atoms with Gasteiger partial charge in [-0.05, 0) is 18.1 Å². The number of aromatic nitrogens is 2. The summed E-state index contributed by atoms with van der Waals surface area (Å²) in [5.41, 5.74) is 8.53. The number of aryl methyl sites for hydroxylation is 1. The topological polar surface area (TPSA) is 84.5 Å². The van der Waals surface area contributed by atoms with Gasteiger partial charge in [-0.1, -0.05) is 36.0 Å². The van der Waals surface area contributed by atoms with Crippen molar-refractivity contribution in [2.24, 2.45) is 5.92 Å². The maximum atomic E-state index is 9.46. The van der Waals surface area contributed by atoms with Crippen molar-refractivity contribution >= 4 is 23.4 Å². The second-order valence-corrected chi connectivity index (χ2v) is 7.16. The number of ether oxygens (including phenoxy) is 1. The largest absolute Gasteiger partial charge is 0.396 e. The van der Waals surface area contributed by atoms with Gasteiger partial charge in [-0.25, -0.2) is 9.97 Å². The molecular weight excluding hydrogens is 336 g/mol. The molecule has 1 aliphatic heterocycles. The van der Waals surface area contributed by atoms with Crippen LogP contribution in [0.3, 0.4) is 0 Å². The van der Waals surface area contributed by atoms with E-state index in [0.29, 0.717) is 30.7 Å². The monoisotopic (exact) mass is 360 g/mol. The number of nitrogens with zero attached hydrogens (tertiary/aromatic N) is 3. The first kappa shape index (κ1) is 18.0. The zero-order valence-corrected chi connectivity index (χ0v) is 15.2. The molecule has 0 spiro atoms. The predicted octanol–water partition coefficient (Wildman–Crippen LogP) is 2.10. The molecule has 0 saturated carbocycles. The average Bonchev–Trinajstić information content (AvgIpc) is 2.86. The molecule has 25 heavy (non-hydrogen) atoms. The summed E-state index contributed by atoms with van der Waals surface area (Å²) in [5, 5.41) is 10.1. The summed E-state index contributed by atoms with van der Waals surface area (Å²) >= 11 is 1.58. The number of nitrogen functional groups attached to an aromatic ring is 1. The highest BCUT2D eigenvalue weighted by molar-refractivity contribution is 7.98. The van der Waals surface area contributed by atoms with E-state index < -0.39 is 0 Å². The first-order valence-corrected chi connectivity index (χ1v) is 9.39. The van der Waals surface area contributed by atoms with Crippen LogP contribution in [0.5, 0.6) is 0 Å². The fraction of sp³-hybridized carbons (Fsp3) is 0.444. The van der Waals surface area contributed by atoms with Crippen molar-refractivity contribution in [1.82, 2.24) is 9.97 Å². The van der Waals surface area contributed by atoms with Gasteiger partial charge in [0.05, 0.1) is 13.2 Å². The van der Waals surface area contributed by atoms with Gasteiger partial charge in [-0.15, -0.1) is 0 Å². The molecule has 1 saturated heterocycles. The van der Waals surface area contributed by atoms with Gasteiger partial charge in [0.25, 0.3) is 0 Å². The van der Waals surface area contributed by atoms with Crippen molar-refractivity contribution < 1.29 is 9.84 Å². The minimum absolute atomic E-state index is 0.0850. The number of hydrogen-bond donors (Lipinski definition) is 2. The zero-order chi connectivity index (χ0) is 17.6. The Morgan fingerprint density at radius 3 is 3.00 bits per heavy atom. The van der Waals surface area contributed by atoms with Crippen LogP contribution >= 0.6 is 11.8 Å². The van der Waals surface area contributed by atoms with Crippen LogP contribution in [-0.4, -0.2) is 48.0 Å². The molecule has 1 fully saturated rings. The van der Waals surface area contributed by atoms with Gasteiger partial charge in [0.2, 0.25) is 0 Å². The summed E-state index contributed by atoms with van der Waals surface area (Å²) < 4.78 is 5.55. The Hall–Kier alpha value is -1.83. The third kappa shape index (κ3) is 4.84. The molecule has 0 bridgehead atoms. The highest BCUT2D eigenvalue weighted by Gasteiger charge is 2.20. The van der Waals surface area contributed by atoms with Crippen LogP contribution < -0.4 is 10.6 Å². The Morgan fingerprint density at radius 1 is 1.36 bits per heavy atom. The number of hydrogen-bond acceptors (Lipinski definition) is 7. The van der Waals surface area contributed by atoms with Crippen LogP contribution in [0.15, 0.2) is 35.5 Å². The van der Waals surface area contributed by atoms with Crippen LogP contribution in [0.25, 0.3) is 0 Å². The van der Waals surface area contributed by atoms with Gasteiger partial charge < -0.3 is 20.5 Å². The van der Waals surface area contributed by atoms with Gasteiger partial charge in [0, 0.05) is 37.4 Å². The molecule has 134 valence electrons. The lowest BCUT2D eigenvalue weighted by Crippen LogP contribution is -2.32. The Labute approximate surface area is 152 Å². The van der Waals surface area contributed by atoms with E-state index in [1.165, 1.54) is 11.1 Å². The lowest BCUT2D eigenvalue weighted by atomic mass is 10.1. The summed E-state index contributed by atoms with van der Waals surface area (Å²) in [4.78, 5) is 11.1. The van der Waals surface area contributed by atoms with Crippen LogP contribution in [-0.2, 0) is 10.5 Å². The molecule has 1 aromatic heterocycles. The quantitative estimate of drug-likeness (QED) is 0.624. The molecule has 1 aromatic carbocycles. The fourth-order valence-corrected chi connectivity index (χ4v) is 3.71. The third-order valence-corrected chi connectivity index (χ3v) is 5.15. The maximum Gasteiger partial charge on any atom is 0.191 e. The van der Waals surface area contributed by atoms with E-state index in [0.717, 1.165) is 18.1 Å². The lowest BCUT2D eigenvalue weighted by Gasteiger charge is -2.24. The second kappa shape index (κ2) is 8.51. The molecule has 2 heterocycles. The molecule has 0 radical (unpaired) electrons. The number of thioether (sulfide) groups is 1. The Bertz CT molecular complexity index is 713. The van der Waals surface area contributed by atoms with Crippen LogP contribution in [0, 0.1) is 12.8 Å². The van der Waals surface area contributed by atoms with Crippen molar-refractivity contribution in [2.75, 3.05) is 43.5 Å². The van der Waals surface area contributed by atoms with Gasteiger partial charge in [-0.2, -0.15) is 0 Å². The summed E-state index contributed by atoms with van der Waals surface area (Å²) in [6.45, 7) is 4.83. The molecule has 0 aliphatic carbocycles. The number of benzene rings is 1. The normalized spacial score (nSPS) is 18.2. The summed E-state index contributed by atoms with van der Waals surface area (Å²) in [6.07, 6.45) is 0. The highest BCUT2D eigenvalue weighted by Crippen LogP contribution is 2.25. The van der Waals surface area contributed by atoms with Crippen LogP contribution in [0.4, 0.5) is 11.6 Å². The fourth-order valence-electron chi connectivity index (χ4n) is 2.77. The first-order chi connectivity index (χ1) is 12.2. The van der Waals surface area contributed by atoms with Crippen molar-refractivity contribution in [2.45, 2.75) is 17.8 Å². The van der Waals surface area contributed by atoms with Crippen molar-refractivity contribution in [1.29, 1.82) is 0 Å². The van der Waals surface area contributed by atoms with Gasteiger partial charge in [0.1, 0.15) is 11.6 Å². The molecule has 7 heteroatoms. The highest BCUT2D eigenvalue weighted by atomic mass is 32.2. The Balaban J connectivity index is 1.74. The molecule has 3 rings (SSSR count). The minimum Gasteiger partial charge on any atom is -0.396 e. The number of anilines is 2. The summed E-state index contributed by atoms with van der Waals surface area (Å²) in [5.74, 6) is 2.14. The predicted molar refractivity (Wildman–Crippen MR) is 101 cm³/mol. The van der Waals surface area contributed by atoms with Gasteiger partial charge >= 0.3 is 0 Å². The van der Waals surface area contributed by atoms with Crippen molar-refractivity contribution in [3.05, 3.63) is 41.5 Å². The average molecular weight is 360 g/mol.